The Kier molecular flexibility index (Phi) is 5.65. The fraction of sp³-hybridized carbons (Fsp3) is 0.400. The first-order valence-electron chi connectivity index (χ1n) is 8.93. The maximum absolute atomic E-state index is 10.5. The topological polar surface area (TPSA) is 69.6 Å². The molecule has 0 aliphatic carbocycles. The summed E-state index contributed by atoms with van der Waals surface area (Å²) >= 11 is 0. The van der Waals surface area contributed by atoms with Crippen molar-refractivity contribution in [3.63, 3.8) is 0 Å². The molecule has 6 heteroatoms. The molecule has 2 aliphatic rings. The number of hydrogen-bond acceptors (Lipinski definition) is 4. The molecular weight excluding hydrogens is 348 g/mol. The summed E-state index contributed by atoms with van der Waals surface area (Å²) in [6, 6.07) is 16.8. The molecule has 2 N–H and O–H groups in total. The Morgan fingerprint density at radius 2 is 1.73 bits per heavy atom. The van der Waals surface area contributed by atoms with Crippen LogP contribution < -0.4 is 10.2 Å². The Morgan fingerprint density at radius 3 is 2.31 bits per heavy atom. The van der Waals surface area contributed by atoms with Gasteiger partial charge >= 0.3 is 0 Å². The first-order chi connectivity index (χ1) is 12.4. The zero-order chi connectivity index (χ0) is 18.6. The number of nitrogens with one attached hydrogen (secondary N) is 1. The van der Waals surface area contributed by atoms with E-state index in [1.165, 1.54) is 56.8 Å². The fourth-order valence-electron chi connectivity index (χ4n) is 3.65. The monoisotopic (exact) mass is 374 g/mol. The summed E-state index contributed by atoms with van der Waals surface area (Å²) in [6.45, 7) is 6.74. The molecule has 2 saturated heterocycles. The van der Waals surface area contributed by atoms with Crippen LogP contribution in [0.2, 0.25) is 0 Å². The average molecular weight is 375 g/mol. The lowest BCUT2D eigenvalue weighted by Crippen LogP contribution is -2.28. The van der Waals surface area contributed by atoms with Crippen LogP contribution in [0.5, 0.6) is 0 Å². The zero-order valence-electron chi connectivity index (χ0n) is 15.1. The molecule has 26 heavy (non-hydrogen) atoms. The zero-order valence-corrected chi connectivity index (χ0v) is 15.9. The number of aryl methyl sites for hydroxylation is 1. The van der Waals surface area contributed by atoms with E-state index in [0.717, 1.165) is 5.56 Å². The molecule has 1 spiro atoms. The molecular formula is C20H26N2O3S. The molecule has 1 atom stereocenters. The number of hydrogen-bond donors (Lipinski definition) is 2. The predicted octanol–water partition coefficient (Wildman–Crippen LogP) is 3.12. The van der Waals surface area contributed by atoms with Gasteiger partial charge in [0.05, 0.1) is 4.90 Å². The molecule has 2 heterocycles. The molecule has 0 aromatic heterocycles. The van der Waals surface area contributed by atoms with Crippen molar-refractivity contribution in [2.45, 2.75) is 24.7 Å². The minimum atomic E-state index is -4.02. The van der Waals surface area contributed by atoms with Gasteiger partial charge in [-0.2, -0.15) is 8.42 Å². The predicted molar refractivity (Wildman–Crippen MR) is 104 cm³/mol. The van der Waals surface area contributed by atoms with Gasteiger partial charge in [0.2, 0.25) is 0 Å². The minimum absolute atomic E-state index is 0.0666. The van der Waals surface area contributed by atoms with E-state index in [-0.39, 0.29) is 4.90 Å². The number of rotatable bonds is 2. The molecule has 0 radical (unpaired) electrons. The van der Waals surface area contributed by atoms with Crippen LogP contribution >= 0.6 is 0 Å². The highest BCUT2D eigenvalue weighted by atomic mass is 32.2. The van der Waals surface area contributed by atoms with E-state index in [0.29, 0.717) is 5.41 Å². The molecule has 140 valence electrons. The fourth-order valence-corrected chi connectivity index (χ4v) is 4.13. The van der Waals surface area contributed by atoms with Crippen molar-refractivity contribution in [2.24, 2.45) is 5.41 Å². The van der Waals surface area contributed by atoms with Gasteiger partial charge in [0.1, 0.15) is 0 Å². The normalized spacial score (nSPS) is 22.3. The second-order valence-electron chi connectivity index (χ2n) is 7.22. The Labute approximate surface area is 155 Å². The Morgan fingerprint density at radius 1 is 1.04 bits per heavy atom. The quantitative estimate of drug-likeness (QED) is 0.791. The summed E-state index contributed by atoms with van der Waals surface area (Å²) in [7, 11) is -4.02. The Balaban J connectivity index is 0.000000160. The van der Waals surface area contributed by atoms with Crippen molar-refractivity contribution in [1.82, 2.24) is 5.32 Å². The molecule has 4 rings (SSSR count). The minimum Gasteiger partial charge on any atom is -0.371 e. The van der Waals surface area contributed by atoms with Gasteiger partial charge in [0, 0.05) is 30.7 Å². The highest BCUT2D eigenvalue weighted by Gasteiger charge is 2.40. The van der Waals surface area contributed by atoms with Gasteiger partial charge in [-0.1, -0.05) is 35.9 Å². The standard InChI is InChI=1S/C13H18N2.C7H8O3S/c1-2-4-12(5-3-1)15-9-7-13(11-15)6-8-14-10-13;1-6-2-4-7(5-3-6)11(8,9)10/h1-5,14H,6-11H2;2-5H,1H3,(H,8,9,10). The summed E-state index contributed by atoms with van der Waals surface area (Å²) < 4.78 is 29.6. The van der Waals surface area contributed by atoms with Gasteiger partial charge in [-0.25, -0.2) is 0 Å². The SMILES string of the molecule is Cc1ccc(S(=O)(=O)O)cc1.c1ccc(N2CCC3(CCNC3)C2)cc1. The van der Waals surface area contributed by atoms with Crippen LogP contribution in [-0.4, -0.2) is 39.1 Å². The van der Waals surface area contributed by atoms with Crippen molar-refractivity contribution >= 4 is 15.8 Å². The van der Waals surface area contributed by atoms with E-state index in [9.17, 15) is 8.42 Å². The summed E-state index contributed by atoms with van der Waals surface area (Å²) in [5.74, 6) is 0. The van der Waals surface area contributed by atoms with Gasteiger partial charge in [-0.15, -0.1) is 0 Å². The van der Waals surface area contributed by atoms with Gasteiger partial charge in [-0.3, -0.25) is 4.55 Å². The summed E-state index contributed by atoms with van der Waals surface area (Å²) in [5.41, 5.74) is 2.93. The van der Waals surface area contributed by atoms with Gasteiger partial charge in [-0.05, 0) is 50.6 Å². The van der Waals surface area contributed by atoms with E-state index in [2.05, 4.69) is 40.5 Å². The molecule has 0 amide bonds. The van der Waals surface area contributed by atoms with Crippen LogP contribution in [-0.2, 0) is 10.1 Å². The lowest BCUT2D eigenvalue weighted by atomic mass is 9.86. The average Bonchev–Trinajstić information content (AvgIpc) is 3.26. The van der Waals surface area contributed by atoms with Crippen molar-refractivity contribution < 1.29 is 13.0 Å². The molecule has 2 aromatic rings. The molecule has 2 aromatic carbocycles. The molecule has 2 fully saturated rings. The third-order valence-electron chi connectivity index (χ3n) is 5.21. The first-order valence-corrected chi connectivity index (χ1v) is 10.4. The molecule has 0 bridgehead atoms. The van der Waals surface area contributed by atoms with E-state index >= 15 is 0 Å². The van der Waals surface area contributed by atoms with Crippen LogP contribution in [0.4, 0.5) is 5.69 Å². The smallest absolute Gasteiger partial charge is 0.294 e. The van der Waals surface area contributed by atoms with Gasteiger partial charge in [0.25, 0.3) is 10.1 Å². The highest BCUT2D eigenvalue weighted by Crippen LogP contribution is 2.37. The maximum Gasteiger partial charge on any atom is 0.294 e. The van der Waals surface area contributed by atoms with E-state index in [4.69, 9.17) is 4.55 Å². The lowest BCUT2D eigenvalue weighted by Gasteiger charge is -2.23. The van der Waals surface area contributed by atoms with E-state index in [1.807, 2.05) is 6.92 Å². The van der Waals surface area contributed by atoms with Crippen LogP contribution in [0.15, 0.2) is 59.5 Å². The van der Waals surface area contributed by atoms with Crippen LogP contribution in [0, 0.1) is 12.3 Å². The van der Waals surface area contributed by atoms with Gasteiger partial charge in [0.15, 0.2) is 0 Å². The third-order valence-corrected chi connectivity index (χ3v) is 6.08. The van der Waals surface area contributed by atoms with Crippen molar-refractivity contribution in [3.8, 4) is 0 Å². The highest BCUT2D eigenvalue weighted by molar-refractivity contribution is 7.85. The lowest BCUT2D eigenvalue weighted by molar-refractivity contribution is 0.369. The number of benzene rings is 2. The molecule has 0 saturated carbocycles. The number of nitrogens with zero attached hydrogens (tertiary/aromatic N) is 1. The summed E-state index contributed by atoms with van der Waals surface area (Å²) in [4.78, 5) is 2.47. The second kappa shape index (κ2) is 7.78. The van der Waals surface area contributed by atoms with Crippen molar-refractivity contribution in [2.75, 3.05) is 31.1 Å². The number of para-hydroxylation sites is 1. The molecule has 2 aliphatic heterocycles. The summed E-state index contributed by atoms with van der Waals surface area (Å²) in [5, 5.41) is 3.50. The van der Waals surface area contributed by atoms with Crippen molar-refractivity contribution in [1.29, 1.82) is 0 Å². The van der Waals surface area contributed by atoms with Crippen LogP contribution in [0.25, 0.3) is 0 Å². The Bertz CT molecular complexity index is 814. The Hall–Kier alpha value is -1.89. The van der Waals surface area contributed by atoms with E-state index in [1.54, 1.807) is 12.1 Å². The maximum atomic E-state index is 10.5. The molecule has 1 unspecified atom stereocenters. The molecule has 5 nitrogen and oxygen atoms in total. The second-order valence-corrected chi connectivity index (χ2v) is 8.64. The largest absolute Gasteiger partial charge is 0.371 e. The van der Waals surface area contributed by atoms with Crippen LogP contribution in [0.3, 0.4) is 0 Å². The number of anilines is 1. The van der Waals surface area contributed by atoms with Gasteiger partial charge < -0.3 is 10.2 Å². The van der Waals surface area contributed by atoms with Crippen molar-refractivity contribution in [3.05, 3.63) is 60.2 Å². The third kappa shape index (κ3) is 4.63. The van der Waals surface area contributed by atoms with E-state index < -0.39 is 10.1 Å². The van der Waals surface area contributed by atoms with Crippen LogP contribution in [0.1, 0.15) is 18.4 Å². The first kappa shape index (κ1) is 18.9. The summed E-state index contributed by atoms with van der Waals surface area (Å²) in [6.07, 6.45) is 2.71.